The monoisotopic (exact) mass is 312 g/mol. The summed E-state index contributed by atoms with van der Waals surface area (Å²) in [5, 5.41) is 0. The lowest BCUT2D eigenvalue weighted by Crippen LogP contribution is -2.24. The van der Waals surface area contributed by atoms with Crippen LogP contribution >= 0.6 is 0 Å². The molecule has 0 saturated heterocycles. The second kappa shape index (κ2) is 7.38. The third-order valence-corrected chi connectivity index (χ3v) is 4.85. The Balaban J connectivity index is 1.96. The lowest BCUT2D eigenvalue weighted by Gasteiger charge is -2.22. The molecule has 1 aliphatic rings. The van der Waals surface area contributed by atoms with Gasteiger partial charge in [-0.1, -0.05) is 30.3 Å². The number of hydrogen-bond acceptors (Lipinski definition) is 4. The maximum atomic E-state index is 11.2. The summed E-state index contributed by atoms with van der Waals surface area (Å²) >= 11 is 0. The summed E-state index contributed by atoms with van der Waals surface area (Å²) in [5.41, 5.74) is 1.38. The fourth-order valence-electron chi connectivity index (χ4n) is 3.22. The first kappa shape index (κ1) is 16.5. The van der Waals surface area contributed by atoms with E-state index in [2.05, 4.69) is 24.3 Å². The van der Waals surface area contributed by atoms with Crippen molar-refractivity contribution in [3.63, 3.8) is 0 Å². The molecule has 1 saturated carbocycles. The second-order valence-electron chi connectivity index (χ2n) is 5.88. The molecule has 2 rings (SSSR count). The highest BCUT2D eigenvalue weighted by Crippen LogP contribution is 2.41. The quantitative estimate of drug-likeness (QED) is 0.727. The molecule has 5 heteroatoms. The lowest BCUT2D eigenvalue weighted by molar-refractivity contribution is 0.0869. The minimum atomic E-state index is -3.39. The van der Waals surface area contributed by atoms with E-state index < -0.39 is 10.1 Å². The van der Waals surface area contributed by atoms with Crippen molar-refractivity contribution >= 4 is 10.1 Å². The standard InChI is InChI=1S/C16H24O4S/c1-19-11-16(12-20-21(2,17)18)15-9-8-14(10-15)13-6-4-3-5-7-13/h3-7,14-16H,8-12H2,1-2H3/t14-,15+,16?/m0/s1. The minimum Gasteiger partial charge on any atom is -0.384 e. The SMILES string of the molecule is COCC(COS(C)(=O)=O)[C@@H]1CC[C@H](c2ccccc2)C1. The van der Waals surface area contributed by atoms with Crippen molar-refractivity contribution in [3.05, 3.63) is 35.9 Å². The summed E-state index contributed by atoms with van der Waals surface area (Å²) in [6, 6.07) is 10.5. The number of rotatable bonds is 7. The number of methoxy groups -OCH3 is 1. The highest BCUT2D eigenvalue weighted by Gasteiger charge is 2.32. The first-order valence-electron chi connectivity index (χ1n) is 7.38. The van der Waals surface area contributed by atoms with Crippen LogP contribution in [-0.4, -0.2) is 35.0 Å². The van der Waals surface area contributed by atoms with Crippen LogP contribution in [0, 0.1) is 11.8 Å². The number of hydrogen-bond donors (Lipinski definition) is 0. The minimum absolute atomic E-state index is 0.137. The molecule has 1 aliphatic carbocycles. The topological polar surface area (TPSA) is 52.6 Å². The van der Waals surface area contributed by atoms with Gasteiger partial charge in [0.05, 0.1) is 19.5 Å². The van der Waals surface area contributed by atoms with Gasteiger partial charge < -0.3 is 4.74 Å². The van der Waals surface area contributed by atoms with Crippen LogP contribution < -0.4 is 0 Å². The molecule has 1 aromatic rings. The second-order valence-corrected chi connectivity index (χ2v) is 7.53. The van der Waals surface area contributed by atoms with E-state index in [1.54, 1.807) is 7.11 Å². The van der Waals surface area contributed by atoms with Gasteiger partial charge in [-0.2, -0.15) is 8.42 Å². The summed E-state index contributed by atoms with van der Waals surface area (Å²) in [4.78, 5) is 0. The summed E-state index contributed by atoms with van der Waals surface area (Å²) in [5.74, 6) is 1.16. The van der Waals surface area contributed by atoms with E-state index in [0.717, 1.165) is 25.5 Å². The molecule has 21 heavy (non-hydrogen) atoms. The molecule has 0 spiro atoms. The third-order valence-electron chi connectivity index (χ3n) is 4.29. The highest BCUT2D eigenvalue weighted by molar-refractivity contribution is 7.85. The zero-order chi connectivity index (χ0) is 15.3. The molecule has 118 valence electrons. The fourth-order valence-corrected chi connectivity index (χ4v) is 3.64. The van der Waals surface area contributed by atoms with Crippen LogP contribution in [0.2, 0.25) is 0 Å². The molecule has 1 aromatic carbocycles. The van der Waals surface area contributed by atoms with Crippen molar-refractivity contribution < 1.29 is 17.3 Å². The summed E-state index contributed by atoms with van der Waals surface area (Å²) in [6.07, 6.45) is 4.41. The number of ether oxygens (including phenoxy) is 1. The Morgan fingerprint density at radius 2 is 1.90 bits per heavy atom. The zero-order valence-electron chi connectivity index (χ0n) is 12.7. The summed E-state index contributed by atoms with van der Waals surface area (Å²) < 4.78 is 32.6. The molecule has 4 nitrogen and oxygen atoms in total. The van der Waals surface area contributed by atoms with Crippen LogP contribution in [0.15, 0.2) is 30.3 Å². The molecule has 1 fully saturated rings. The normalized spacial score (nSPS) is 24.1. The van der Waals surface area contributed by atoms with Gasteiger partial charge in [-0.3, -0.25) is 4.18 Å². The summed E-state index contributed by atoms with van der Waals surface area (Å²) in [6.45, 7) is 0.764. The Kier molecular flexibility index (Phi) is 5.79. The molecular formula is C16H24O4S. The van der Waals surface area contributed by atoms with Crippen LogP contribution in [0.5, 0.6) is 0 Å². The molecular weight excluding hydrogens is 288 g/mol. The zero-order valence-corrected chi connectivity index (χ0v) is 13.5. The first-order chi connectivity index (χ1) is 9.99. The Morgan fingerprint density at radius 3 is 2.52 bits per heavy atom. The smallest absolute Gasteiger partial charge is 0.264 e. The van der Waals surface area contributed by atoms with Crippen molar-refractivity contribution in [1.29, 1.82) is 0 Å². The van der Waals surface area contributed by atoms with Gasteiger partial charge in [0.25, 0.3) is 10.1 Å². The predicted molar refractivity (Wildman–Crippen MR) is 82.7 cm³/mol. The molecule has 0 N–H and O–H groups in total. The highest BCUT2D eigenvalue weighted by atomic mass is 32.2. The van der Waals surface area contributed by atoms with Gasteiger partial charge in [0.1, 0.15) is 0 Å². The van der Waals surface area contributed by atoms with Crippen LogP contribution in [0.1, 0.15) is 30.7 Å². The van der Waals surface area contributed by atoms with Gasteiger partial charge in [0.15, 0.2) is 0 Å². The Morgan fingerprint density at radius 1 is 1.19 bits per heavy atom. The van der Waals surface area contributed by atoms with Crippen LogP contribution in [0.3, 0.4) is 0 Å². The molecule has 0 radical (unpaired) electrons. The Labute approximate surface area is 127 Å². The molecule has 0 aliphatic heterocycles. The van der Waals surface area contributed by atoms with Gasteiger partial charge in [0, 0.05) is 13.0 Å². The van der Waals surface area contributed by atoms with E-state index in [-0.39, 0.29) is 12.5 Å². The van der Waals surface area contributed by atoms with Crippen molar-refractivity contribution in [2.45, 2.75) is 25.2 Å². The summed E-state index contributed by atoms with van der Waals surface area (Å²) in [7, 11) is -1.74. The van der Waals surface area contributed by atoms with Crippen molar-refractivity contribution in [2.75, 3.05) is 26.6 Å². The third kappa shape index (κ3) is 5.09. The maximum Gasteiger partial charge on any atom is 0.264 e. The molecule has 0 aromatic heterocycles. The largest absolute Gasteiger partial charge is 0.384 e. The van der Waals surface area contributed by atoms with Crippen LogP contribution in [0.25, 0.3) is 0 Å². The Bertz CT molecular complexity index is 526. The van der Waals surface area contributed by atoms with E-state index >= 15 is 0 Å². The van der Waals surface area contributed by atoms with E-state index in [9.17, 15) is 8.42 Å². The predicted octanol–water partition coefficient (Wildman–Crippen LogP) is 2.81. The van der Waals surface area contributed by atoms with Gasteiger partial charge >= 0.3 is 0 Å². The molecule has 0 amide bonds. The number of benzene rings is 1. The average molecular weight is 312 g/mol. The molecule has 0 bridgehead atoms. The maximum absolute atomic E-state index is 11.2. The molecule has 0 heterocycles. The van der Waals surface area contributed by atoms with Crippen molar-refractivity contribution in [2.24, 2.45) is 11.8 Å². The lowest BCUT2D eigenvalue weighted by atomic mass is 9.89. The van der Waals surface area contributed by atoms with Gasteiger partial charge in [-0.05, 0) is 36.7 Å². The Hall–Kier alpha value is -0.910. The van der Waals surface area contributed by atoms with E-state index in [4.69, 9.17) is 8.92 Å². The molecule has 3 atom stereocenters. The molecule has 1 unspecified atom stereocenters. The van der Waals surface area contributed by atoms with Gasteiger partial charge in [-0.25, -0.2) is 0 Å². The van der Waals surface area contributed by atoms with Crippen molar-refractivity contribution in [1.82, 2.24) is 0 Å². The van der Waals surface area contributed by atoms with E-state index in [1.807, 2.05) is 6.07 Å². The van der Waals surface area contributed by atoms with Gasteiger partial charge in [0.2, 0.25) is 0 Å². The van der Waals surface area contributed by atoms with Crippen LogP contribution in [-0.2, 0) is 19.0 Å². The average Bonchev–Trinajstić information content (AvgIpc) is 2.93. The van der Waals surface area contributed by atoms with E-state index in [0.29, 0.717) is 18.4 Å². The fraction of sp³-hybridized carbons (Fsp3) is 0.625. The van der Waals surface area contributed by atoms with Gasteiger partial charge in [-0.15, -0.1) is 0 Å². The first-order valence-corrected chi connectivity index (χ1v) is 9.19. The van der Waals surface area contributed by atoms with Crippen LogP contribution in [0.4, 0.5) is 0 Å². The van der Waals surface area contributed by atoms with Crippen molar-refractivity contribution in [3.8, 4) is 0 Å². The van der Waals surface area contributed by atoms with E-state index in [1.165, 1.54) is 5.56 Å².